The molecule has 0 aliphatic heterocycles. The fraction of sp³-hybridized carbons (Fsp3) is 0.767. The van der Waals surface area contributed by atoms with Crippen molar-refractivity contribution in [3.63, 3.8) is 0 Å². The molecule has 0 fully saturated rings. The molecule has 2 unspecified atom stereocenters. The molecule has 0 radical (unpaired) electrons. The van der Waals surface area contributed by atoms with E-state index in [0.717, 1.165) is 19.3 Å². The number of hydrogen-bond acceptors (Lipinski definition) is 2. The van der Waals surface area contributed by atoms with Gasteiger partial charge in [0.1, 0.15) is 12.2 Å². The Balaban J connectivity index is 3.13. The molecule has 0 saturated carbocycles. The van der Waals surface area contributed by atoms with Gasteiger partial charge in [0.05, 0.1) is 0 Å². The topological polar surface area (TPSA) is 40.5 Å². The lowest BCUT2D eigenvalue weighted by atomic mass is 10.0. The Morgan fingerprint density at radius 3 is 0.867 bits per heavy atom. The van der Waals surface area contributed by atoms with Gasteiger partial charge in [-0.1, -0.05) is 203 Å². The van der Waals surface area contributed by atoms with Crippen LogP contribution >= 0.6 is 0 Å². The smallest absolute Gasteiger partial charge is 0.133 e. The molecular weight excluding hydrogens is 548 g/mol. The number of hydrogen-bond donors (Lipinski definition) is 2. The third-order valence-electron chi connectivity index (χ3n) is 8.91. The first kappa shape index (κ1) is 43.3. The predicted molar refractivity (Wildman–Crippen MR) is 200 cm³/mol. The van der Waals surface area contributed by atoms with Crippen LogP contribution in [0.5, 0.6) is 0 Å². The van der Waals surface area contributed by atoms with Crippen LogP contribution in [-0.2, 0) is 0 Å². The second kappa shape index (κ2) is 38.4. The first-order valence-corrected chi connectivity index (χ1v) is 19.5. The van der Waals surface area contributed by atoms with E-state index < -0.39 is 12.2 Å². The van der Waals surface area contributed by atoms with Crippen molar-refractivity contribution in [2.24, 2.45) is 0 Å². The molecule has 2 N–H and O–H groups in total. The Kier molecular flexibility index (Phi) is 37.0. The molecular formula is C43H74O2. The van der Waals surface area contributed by atoms with Crippen molar-refractivity contribution in [1.82, 2.24) is 0 Å². The van der Waals surface area contributed by atoms with Gasteiger partial charge >= 0.3 is 0 Å². The molecule has 0 aliphatic carbocycles. The highest BCUT2D eigenvalue weighted by atomic mass is 16.3. The Morgan fingerprint density at radius 2 is 0.578 bits per heavy atom. The minimum atomic E-state index is -0.745. The maximum atomic E-state index is 9.26. The lowest BCUT2D eigenvalue weighted by Gasteiger charge is -2.04. The lowest BCUT2D eigenvalue weighted by Crippen LogP contribution is -1.95. The number of aliphatic hydroxyl groups excluding tert-OH is 2. The molecule has 0 bridgehead atoms. The van der Waals surface area contributed by atoms with Crippen LogP contribution in [0, 0.1) is 24.7 Å². The number of aliphatic hydroxyl groups is 2. The number of rotatable bonds is 35. The number of terminal acetylenes is 2. The van der Waals surface area contributed by atoms with Crippen LogP contribution in [0.2, 0.25) is 0 Å². The summed E-state index contributed by atoms with van der Waals surface area (Å²) in [5.74, 6) is 4.59. The summed E-state index contributed by atoms with van der Waals surface area (Å²) < 4.78 is 0. The summed E-state index contributed by atoms with van der Waals surface area (Å²) in [6.07, 6.45) is 63.1. The van der Waals surface area contributed by atoms with Gasteiger partial charge in [0.2, 0.25) is 0 Å². The van der Waals surface area contributed by atoms with E-state index in [1.165, 1.54) is 180 Å². The molecule has 0 aromatic heterocycles. The summed E-state index contributed by atoms with van der Waals surface area (Å²) >= 11 is 0. The highest BCUT2D eigenvalue weighted by Gasteiger charge is 1.97. The maximum absolute atomic E-state index is 9.26. The zero-order valence-electron chi connectivity index (χ0n) is 29.6. The molecule has 0 amide bonds. The molecule has 0 heterocycles. The van der Waals surface area contributed by atoms with Crippen molar-refractivity contribution in [2.75, 3.05) is 0 Å². The summed E-state index contributed by atoms with van der Waals surface area (Å²) in [4.78, 5) is 0. The van der Waals surface area contributed by atoms with Crippen LogP contribution in [0.4, 0.5) is 0 Å². The molecule has 45 heavy (non-hydrogen) atoms. The van der Waals surface area contributed by atoms with E-state index in [1.807, 2.05) is 12.2 Å². The Bertz CT molecular complexity index is 749. The normalized spacial score (nSPS) is 13.2. The van der Waals surface area contributed by atoms with Gasteiger partial charge in [-0.2, -0.15) is 0 Å². The molecule has 2 heteroatoms. The Hall–Kier alpha value is -1.74. The molecule has 2 nitrogen and oxygen atoms in total. The summed E-state index contributed by atoms with van der Waals surface area (Å²) in [6.45, 7) is 0. The zero-order chi connectivity index (χ0) is 32.7. The van der Waals surface area contributed by atoms with E-state index in [9.17, 15) is 10.2 Å². The second-order valence-corrected chi connectivity index (χ2v) is 13.3. The molecule has 0 aliphatic rings. The van der Waals surface area contributed by atoms with Crippen LogP contribution in [0.25, 0.3) is 0 Å². The molecule has 0 aromatic rings. The van der Waals surface area contributed by atoms with Crippen molar-refractivity contribution in [2.45, 2.75) is 211 Å². The van der Waals surface area contributed by atoms with Crippen molar-refractivity contribution >= 4 is 0 Å². The fourth-order valence-corrected chi connectivity index (χ4v) is 5.96. The van der Waals surface area contributed by atoms with Crippen LogP contribution < -0.4 is 0 Å². The van der Waals surface area contributed by atoms with E-state index in [2.05, 4.69) is 24.0 Å². The van der Waals surface area contributed by atoms with Gasteiger partial charge in [0.25, 0.3) is 0 Å². The minimum Gasteiger partial charge on any atom is -0.377 e. The third-order valence-corrected chi connectivity index (χ3v) is 8.91. The summed E-state index contributed by atoms with van der Waals surface area (Å²) in [6, 6.07) is 0. The molecule has 0 aromatic carbocycles. The summed E-state index contributed by atoms with van der Waals surface area (Å²) in [5, 5.41) is 18.5. The molecule has 0 saturated heterocycles. The first-order chi connectivity index (χ1) is 22.2. The molecule has 258 valence electrons. The van der Waals surface area contributed by atoms with Gasteiger partial charge in [0, 0.05) is 0 Å². The van der Waals surface area contributed by atoms with Crippen LogP contribution in [-0.4, -0.2) is 22.4 Å². The fourth-order valence-electron chi connectivity index (χ4n) is 5.96. The van der Waals surface area contributed by atoms with Crippen LogP contribution in [0.15, 0.2) is 36.5 Å². The largest absolute Gasteiger partial charge is 0.377 e. The second-order valence-electron chi connectivity index (χ2n) is 13.3. The van der Waals surface area contributed by atoms with Gasteiger partial charge in [-0.05, 0) is 44.3 Å². The molecule has 2 atom stereocenters. The first-order valence-electron chi connectivity index (χ1n) is 19.5. The highest BCUT2D eigenvalue weighted by Crippen LogP contribution is 2.16. The van der Waals surface area contributed by atoms with Gasteiger partial charge in [-0.25, -0.2) is 0 Å². The van der Waals surface area contributed by atoms with Crippen molar-refractivity contribution in [3.05, 3.63) is 36.5 Å². The Morgan fingerprint density at radius 1 is 0.333 bits per heavy atom. The van der Waals surface area contributed by atoms with E-state index in [0.29, 0.717) is 0 Å². The van der Waals surface area contributed by atoms with E-state index in [4.69, 9.17) is 12.8 Å². The summed E-state index contributed by atoms with van der Waals surface area (Å²) in [5.41, 5.74) is 0. The van der Waals surface area contributed by atoms with Crippen LogP contribution in [0.1, 0.15) is 199 Å². The monoisotopic (exact) mass is 623 g/mol. The van der Waals surface area contributed by atoms with Crippen molar-refractivity contribution in [3.8, 4) is 24.7 Å². The minimum absolute atomic E-state index is 0.712. The lowest BCUT2D eigenvalue weighted by molar-refractivity contribution is 0.280. The SMILES string of the molecule is C#CC(O)C=CCC=CCCCCCCCCCCCCCCCCCCCCCCCCCCCCCCC=CC(O)C#C. The number of unbranched alkanes of at least 4 members (excludes halogenated alkanes) is 29. The molecule has 0 rings (SSSR count). The molecule has 0 spiro atoms. The van der Waals surface area contributed by atoms with E-state index in [-0.39, 0.29) is 0 Å². The Labute approximate surface area is 282 Å². The summed E-state index contributed by atoms with van der Waals surface area (Å²) in [7, 11) is 0. The van der Waals surface area contributed by atoms with Gasteiger partial charge in [-0.15, -0.1) is 12.8 Å². The van der Waals surface area contributed by atoms with Gasteiger partial charge < -0.3 is 10.2 Å². The average molecular weight is 623 g/mol. The maximum Gasteiger partial charge on any atom is 0.133 e. The average Bonchev–Trinajstić information content (AvgIpc) is 3.05. The van der Waals surface area contributed by atoms with E-state index >= 15 is 0 Å². The number of allylic oxidation sites excluding steroid dienone is 4. The van der Waals surface area contributed by atoms with Gasteiger partial charge in [-0.3, -0.25) is 0 Å². The van der Waals surface area contributed by atoms with Crippen molar-refractivity contribution in [1.29, 1.82) is 0 Å². The van der Waals surface area contributed by atoms with Gasteiger partial charge in [0.15, 0.2) is 0 Å². The quantitative estimate of drug-likeness (QED) is 0.0419. The predicted octanol–water partition coefficient (Wildman–Crippen LogP) is 12.7. The standard InChI is InChI=1S/C43H74O2/c1-3-42(44)40-38-36-34-32-30-28-26-24-22-20-18-16-14-12-10-8-6-5-7-9-11-13-15-17-19-21-23-25-27-29-31-33-35-37-39-41-43(45)4-2/h1-2,32,34,38-45H,5-31,33,35-37H2. The van der Waals surface area contributed by atoms with E-state index in [1.54, 1.807) is 12.2 Å². The van der Waals surface area contributed by atoms with Crippen LogP contribution in [0.3, 0.4) is 0 Å². The third kappa shape index (κ3) is 38.4. The van der Waals surface area contributed by atoms with Crippen molar-refractivity contribution < 1.29 is 10.2 Å². The zero-order valence-corrected chi connectivity index (χ0v) is 29.6. The highest BCUT2D eigenvalue weighted by molar-refractivity contribution is 5.07.